The quantitative estimate of drug-likeness (QED) is 0.926. The van der Waals surface area contributed by atoms with E-state index in [1.807, 2.05) is 6.92 Å². The van der Waals surface area contributed by atoms with E-state index in [1.54, 1.807) is 6.92 Å². The van der Waals surface area contributed by atoms with Gasteiger partial charge in [0.2, 0.25) is 11.2 Å². The van der Waals surface area contributed by atoms with Crippen LogP contribution in [0.1, 0.15) is 36.7 Å². The number of ether oxygens (including phenoxy) is 1. The van der Waals surface area contributed by atoms with E-state index in [4.69, 9.17) is 9.84 Å². The van der Waals surface area contributed by atoms with Gasteiger partial charge in [0.05, 0.1) is 16.9 Å². The molecule has 0 fully saturated rings. The Labute approximate surface area is 123 Å². The van der Waals surface area contributed by atoms with E-state index in [1.165, 1.54) is 10.8 Å². The van der Waals surface area contributed by atoms with Crippen LogP contribution in [0.3, 0.4) is 0 Å². The van der Waals surface area contributed by atoms with E-state index in [2.05, 4.69) is 0 Å². The number of aromatic nitrogens is 1. The van der Waals surface area contributed by atoms with Crippen molar-refractivity contribution in [2.75, 3.05) is 0 Å². The highest BCUT2D eigenvalue weighted by Gasteiger charge is 2.32. The van der Waals surface area contributed by atoms with E-state index < -0.39 is 34.7 Å². The number of pyridine rings is 1. The van der Waals surface area contributed by atoms with Crippen molar-refractivity contribution in [3.05, 3.63) is 39.7 Å². The first-order chi connectivity index (χ1) is 10.4. The molecule has 7 heteroatoms. The fraction of sp³-hybridized carbons (Fsp3) is 0.333. The Morgan fingerprint density at radius 3 is 2.73 bits per heavy atom. The van der Waals surface area contributed by atoms with E-state index in [-0.39, 0.29) is 22.7 Å². The van der Waals surface area contributed by atoms with Crippen molar-refractivity contribution in [3.63, 3.8) is 0 Å². The Hall–Kier alpha value is -2.44. The molecule has 2 atom stereocenters. The van der Waals surface area contributed by atoms with E-state index in [9.17, 15) is 18.4 Å². The SMILES string of the molecule is CC[C@@H]1Oc2c(F)c(F)cc3c(=O)c(C(=O)O)cn(c23)C1C. The second kappa shape index (κ2) is 4.79. The van der Waals surface area contributed by atoms with Crippen molar-refractivity contribution in [2.24, 2.45) is 0 Å². The summed E-state index contributed by atoms with van der Waals surface area (Å²) in [6.07, 6.45) is 1.24. The summed E-state index contributed by atoms with van der Waals surface area (Å²) in [6.45, 7) is 3.59. The largest absolute Gasteiger partial charge is 0.483 e. The highest BCUT2D eigenvalue weighted by Crippen LogP contribution is 2.38. The fourth-order valence-corrected chi connectivity index (χ4v) is 2.86. The number of carboxylic acid groups (broad SMARTS) is 1. The number of carboxylic acids is 1. The standard InChI is InChI=1S/C15H13F2NO4/c1-3-10-6(2)18-5-8(15(20)21)13(19)7-4-9(16)11(17)14(22-10)12(7)18/h4-6,10H,3H2,1-2H3,(H,20,21)/t6?,10-/m0/s1. The highest BCUT2D eigenvalue weighted by atomic mass is 19.2. The minimum absolute atomic E-state index is 0.0890. The molecule has 0 aliphatic carbocycles. The molecule has 1 aromatic carbocycles. The molecule has 0 bridgehead atoms. The van der Waals surface area contributed by atoms with Gasteiger partial charge in [-0.1, -0.05) is 6.92 Å². The predicted molar refractivity (Wildman–Crippen MR) is 74.5 cm³/mol. The summed E-state index contributed by atoms with van der Waals surface area (Å²) in [7, 11) is 0. The second-order valence-electron chi connectivity index (χ2n) is 5.29. The molecule has 0 spiro atoms. The number of carbonyl (C=O) groups is 1. The van der Waals surface area contributed by atoms with Crippen LogP contribution < -0.4 is 10.2 Å². The number of hydrogen-bond acceptors (Lipinski definition) is 3. The molecule has 0 saturated heterocycles. The lowest BCUT2D eigenvalue weighted by Gasteiger charge is -2.33. The van der Waals surface area contributed by atoms with Gasteiger partial charge in [0, 0.05) is 6.20 Å². The maximum absolute atomic E-state index is 14.0. The number of rotatable bonds is 2. The zero-order chi connectivity index (χ0) is 16.2. The smallest absolute Gasteiger partial charge is 0.341 e. The first kappa shape index (κ1) is 14.5. The average Bonchev–Trinajstić information content (AvgIpc) is 2.48. The highest BCUT2D eigenvalue weighted by molar-refractivity contribution is 5.94. The third kappa shape index (κ3) is 1.81. The Morgan fingerprint density at radius 1 is 1.45 bits per heavy atom. The number of nitrogens with zero attached hydrogens (tertiary/aromatic N) is 1. The maximum atomic E-state index is 14.0. The van der Waals surface area contributed by atoms with Crippen molar-refractivity contribution in [3.8, 4) is 5.75 Å². The molecule has 1 aromatic heterocycles. The van der Waals surface area contributed by atoms with Gasteiger partial charge >= 0.3 is 5.97 Å². The Balaban J connectivity index is 2.51. The lowest BCUT2D eigenvalue weighted by Crippen LogP contribution is -2.34. The van der Waals surface area contributed by atoms with Crippen LogP contribution in [-0.2, 0) is 0 Å². The van der Waals surface area contributed by atoms with Crippen LogP contribution in [0.15, 0.2) is 17.1 Å². The van der Waals surface area contributed by atoms with Crippen molar-refractivity contribution >= 4 is 16.9 Å². The van der Waals surface area contributed by atoms with Crippen molar-refractivity contribution in [2.45, 2.75) is 32.4 Å². The molecular formula is C15H13F2NO4. The molecule has 116 valence electrons. The third-order valence-electron chi connectivity index (χ3n) is 4.04. The summed E-state index contributed by atoms with van der Waals surface area (Å²) in [6, 6.07) is 0.408. The molecule has 0 amide bonds. The van der Waals surface area contributed by atoms with Gasteiger partial charge in [-0.25, -0.2) is 9.18 Å². The fourth-order valence-electron chi connectivity index (χ4n) is 2.86. The number of aromatic carboxylic acids is 1. The summed E-state index contributed by atoms with van der Waals surface area (Å²) < 4.78 is 34.8. The van der Waals surface area contributed by atoms with Crippen LogP contribution in [0, 0.1) is 11.6 Å². The average molecular weight is 309 g/mol. The Kier molecular flexibility index (Phi) is 3.16. The van der Waals surface area contributed by atoms with Gasteiger partial charge in [0.25, 0.3) is 0 Å². The molecule has 3 rings (SSSR count). The first-order valence-corrected chi connectivity index (χ1v) is 6.83. The number of halogens is 2. The zero-order valence-corrected chi connectivity index (χ0v) is 11.9. The summed E-state index contributed by atoms with van der Waals surface area (Å²) in [5.74, 6) is -4.16. The molecule has 1 aliphatic rings. The zero-order valence-electron chi connectivity index (χ0n) is 11.9. The van der Waals surface area contributed by atoms with E-state index in [0.29, 0.717) is 6.42 Å². The molecule has 1 unspecified atom stereocenters. The summed E-state index contributed by atoms with van der Waals surface area (Å²) in [5, 5.41) is 8.95. The van der Waals surface area contributed by atoms with Crippen molar-refractivity contribution < 1.29 is 23.4 Å². The van der Waals surface area contributed by atoms with Crippen LogP contribution in [0.4, 0.5) is 8.78 Å². The molecule has 2 heterocycles. The second-order valence-corrected chi connectivity index (χ2v) is 5.29. The van der Waals surface area contributed by atoms with Crippen LogP contribution in [0.2, 0.25) is 0 Å². The molecule has 1 N–H and O–H groups in total. The normalized spacial score (nSPS) is 20.0. The lowest BCUT2D eigenvalue weighted by molar-refractivity contribution is 0.0693. The van der Waals surface area contributed by atoms with Crippen LogP contribution in [-0.4, -0.2) is 21.7 Å². The molecule has 0 radical (unpaired) electrons. The molecule has 0 saturated carbocycles. The Morgan fingerprint density at radius 2 is 2.14 bits per heavy atom. The lowest BCUT2D eigenvalue weighted by atomic mass is 10.0. The topological polar surface area (TPSA) is 68.5 Å². The van der Waals surface area contributed by atoms with Gasteiger partial charge in [-0.2, -0.15) is 4.39 Å². The van der Waals surface area contributed by atoms with Gasteiger partial charge in [-0.15, -0.1) is 0 Å². The van der Waals surface area contributed by atoms with E-state index >= 15 is 0 Å². The van der Waals surface area contributed by atoms with Gasteiger partial charge in [-0.05, 0) is 19.4 Å². The first-order valence-electron chi connectivity index (χ1n) is 6.83. The third-order valence-corrected chi connectivity index (χ3v) is 4.04. The summed E-state index contributed by atoms with van der Waals surface area (Å²) in [4.78, 5) is 23.4. The van der Waals surface area contributed by atoms with Crippen LogP contribution >= 0.6 is 0 Å². The van der Waals surface area contributed by atoms with Crippen molar-refractivity contribution in [1.82, 2.24) is 4.57 Å². The maximum Gasteiger partial charge on any atom is 0.341 e. The van der Waals surface area contributed by atoms with Crippen molar-refractivity contribution in [1.29, 1.82) is 0 Å². The van der Waals surface area contributed by atoms with E-state index in [0.717, 1.165) is 6.07 Å². The molecule has 5 nitrogen and oxygen atoms in total. The summed E-state index contributed by atoms with van der Waals surface area (Å²) in [5.41, 5.74) is -1.25. The van der Waals surface area contributed by atoms with Gasteiger partial charge < -0.3 is 14.4 Å². The van der Waals surface area contributed by atoms with Gasteiger partial charge in [0.15, 0.2) is 11.6 Å². The van der Waals surface area contributed by atoms with Crippen LogP contribution in [0.5, 0.6) is 5.75 Å². The number of hydrogen-bond donors (Lipinski definition) is 1. The van der Waals surface area contributed by atoms with Gasteiger partial charge in [0.1, 0.15) is 11.7 Å². The molecule has 1 aliphatic heterocycles. The molecule has 2 aromatic rings. The monoisotopic (exact) mass is 309 g/mol. The molecular weight excluding hydrogens is 296 g/mol. The van der Waals surface area contributed by atoms with Gasteiger partial charge in [-0.3, -0.25) is 4.79 Å². The van der Waals surface area contributed by atoms with Crippen LogP contribution in [0.25, 0.3) is 10.9 Å². The Bertz CT molecular complexity index is 859. The molecule has 22 heavy (non-hydrogen) atoms. The minimum atomic E-state index is -1.41. The minimum Gasteiger partial charge on any atom is -0.483 e. The summed E-state index contributed by atoms with van der Waals surface area (Å²) >= 11 is 0. The number of benzene rings is 1. The predicted octanol–water partition coefficient (Wildman–Crippen LogP) is 2.71.